The molecule has 57 heavy (non-hydrogen) atoms. The quantitative estimate of drug-likeness (QED) is 0.148. The largest absolute Gasteiger partial charge is 0.496 e. The summed E-state index contributed by atoms with van der Waals surface area (Å²) < 4.78 is 67.5. The molecule has 0 N–H and O–H groups in total. The first-order valence-electron chi connectivity index (χ1n) is 18.3. The standard InChI is InChI=1S/C44H40N2O11/c1-45-39-23(11-9-21-13-27(47-3)29(49-5)15-25(21)39)35-31(51-7)17-33-41(55-19-53-33)37(35)43(45)57-44-38-36(32(52-8)18-34-42(38)56-20-54-34)24-12-10-22-14-28(48-4)30(50-6)16-26(22)40(24)46(44)2/h9-18,43-44H,19-20H2,1-8H3. The van der Waals surface area contributed by atoms with E-state index in [0.717, 1.165) is 66.3 Å². The molecule has 0 saturated carbocycles. The number of hydrogen-bond donors (Lipinski definition) is 0. The molecule has 13 nitrogen and oxygen atoms in total. The van der Waals surface area contributed by atoms with Gasteiger partial charge in [-0.3, -0.25) is 0 Å². The van der Waals surface area contributed by atoms with Crippen molar-refractivity contribution in [1.82, 2.24) is 0 Å². The van der Waals surface area contributed by atoms with Crippen LogP contribution in [0, 0.1) is 0 Å². The summed E-state index contributed by atoms with van der Waals surface area (Å²) >= 11 is 0. The molecule has 292 valence electrons. The van der Waals surface area contributed by atoms with Crippen LogP contribution >= 0.6 is 0 Å². The van der Waals surface area contributed by atoms with E-state index < -0.39 is 12.5 Å². The normalized spacial score (nSPS) is 16.8. The SMILES string of the molecule is COc1cc2ccc3c(c2cc1OC)N(C)C(OC1c2c4c(cc(OC)c2-c2ccc5cc(OC)c(OC)cc5c2N1C)OCO4)c1c2c(cc(OC)c1-3)OCO2. The molecular weight excluding hydrogens is 732 g/mol. The lowest BCUT2D eigenvalue weighted by atomic mass is 9.86. The second-order valence-electron chi connectivity index (χ2n) is 14.0. The van der Waals surface area contributed by atoms with E-state index in [0.29, 0.717) is 57.5 Å². The molecule has 10 rings (SSSR count). The minimum atomic E-state index is -0.771. The summed E-state index contributed by atoms with van der Waals surface area (Å²) in [5.41, 5.74) is 6.84. The molecule has 0 fully saturated rings. The van der Waals surface area contributed by atoms with E-state index in [9.17, 15) is 0 Å². The van der Waals surface area contributed by atoms with Crippen molar-refractivity contribution in [3.8, 4) is 79.7 Å². The fraction of sp³-hybridized carbons (Fsp3) is 0.273. The van der Waals surface area contributed by atoms with Gasteiger partial charge in [-0.1, -0.05) is 24.3 Å². The Labute approximate surface area is 328 Å². The summed E-state index contributed by atoms with van der Waals surface area (Å²) in [5.74, 6) is 5.99. The Bertz CT molecular complexity index is 2480. The summed E-state index contributed by atoms with van der Waals surface area (Å²) in [6.45, 7) is 0.110. The average Bonchev–Trinajstić information content (AvgIpc) is 3.93. The highest BCUT2D eigenvalue weighted by Crippen LogP contribution is 2.62. The van der Waals surface area contributed by atoms with Gasteiger partial charge in [0.1, 0.15) is 11.5 Å². The van der Waals surface area contributed by atoms with Crippen LogP contribution < -0.4 is 57.2 Å². The van der Waals surface area contributed by atoms with Crippen molar-refractivity contribution in [1.29, 1.82) is 0 Å². The Balaban J connectivity index is 1.25. The number of nitrogens with zero attached hydrogens (tertiary/aromatic N) is 2. The topological polar surface area (TPSA) is 108 Å². The zero-order chi connectivity index (χ0) is 39.3. The Kier molecular flexibility index (Phi) is 7.94. The van der Waals surface area contributed by atoms with Gasteiger partial charge in [0.15, 0.2) is 58.5 Å². The molecule has 6 aromatic carbocycles. The molecule has 0 aromatic heterocycles. The molecule has 2 atom stereocenters. The maximum Gasteiger partial charge on any atom is 0.231 e. The second kappa shape index (κ2) is 13.0. The molecule has 0 bridgehead atoms. The van der Waals surface area contributed by atoms with Gasteiger partial charge in [-0.05, 0) is 35.0 Å². The van der Waals surface area contributed by atoms with Gasteiger partial charge in [-0.15, -0.1) is 0 Å². The van der Waals surface area contributed by atoms with Crippen molar-refractivity contribution < 1.29 is 52.1 Å². The van der Waals surface area contributed by atoms with Crippen LogP contribution in [0.15, 0.2) is 60.7 Å². The van der Waals surface area contributed by atoms with Gasteiger partial charge >= 0.3 is 0 Å². The van der Waals surface area contributed by atoms with E-state index in [2.05, 4.69) is 34.1 Å². The van der Waals surface area contributed by atoms with E-state index >= 15 is 0 Å². The van der Waals surface area contributed by atoms with Crippen molar-refractivity contribution >= 4 is 32.9 Å². The van der Waals surface area contributed by atoms with Gasteiger partial charge in [0.25, 0.3) is 0 Å². The maximum absolute atomic E-state index is 7.63. The smallest absolute Gasteiger partial charge is 0.231 e. The van der Waals surface area contributed by atoms with Crippen LogP contribution in [-0.2, 0) is 4.74 Å². The minimum Gasteiger partial charge on any atom is -0.496 e. The van der Waals surface area contributed by atoms with Crippen molar-refractivity contribution in [3.05, 3.63) is 71.8 Å². The number of benzene rings is 6. The Morgan fingerprint density at radius 1 is 0.474 bits per heavy atom. The van der Waals surface area contributed by atoms with Gasteiger partial charge in [0, 0.05) is 59.3 Å². The van der Waals surface area contributed by atoms with Gasteiger partial charge in [0.05, 0.1) is 65.2 Å². The molecule has 13 heteroatoms. The van der Waals surface area contributed by atoms with Crippen LogP contribution in [0.4, 0.5) is 11.4 Å². The van der Waals surface area contributed by atoms with Gasteiger partial charge in [-0.2, -0.15) is 0 Å². The van der Waals surface area contributed by atoms with Crippen LogP contribution in [0.1, 0.15) is 23.6 Å². The summed E-state index contributed by atoms with van der Waals surface area (Å²) in [6, 6.07) is 20.0. The third-order valence-corrected chi connectivity index (χ3v) is 11.5. The highest BCUT2D eigenvalue weighted by molar-refractivity contribution is 6.08. The first kappa shape index (κ1) is 34.9. The van der Waals surface area contributed by atoms with Crippen molar-refractivity contribution in [2.75, 3.05) is 80.1 Å². The summed E-state index contributed by atoms with van der Waals surface area (Å²) in [7, 11) is 13.9. The molecular formula is C44H40N2O11. The highest BCUT2D eigenvalue weighted by atomic mass is 16.7. The summed E-state index contributed by atoms with van der Waals surface area (Å²) in [4.78, 5) is 4.26. The number of ether oxygens (including phenoxy) is 11. The second-order valence-corrected chi connectivity index (χ2v) is 14.0. The first-order chi connectivity index (χ1) is 27.8. The Morgan fingerprint density at radius 2 is 0.860 bits per heavy atom. The molecule has 6 aromatic rings. The average molecular weight is 773 g/mol. The minimum absolute atomic E-state index is 0.0552. The van der Waals surface area contributed by atoms with E-state index in [1.165, 1.54) is 0 Å². The summed E-state index contributed by atoms with van der Waals surface area (Å²) in [6.07, 6.45) is -1.54. The first-order valence-corrected chi connectivity index (χ1v) is 18.3. The van der Waals surface area contributed by atoms with E-state index in [1.54, 1.807) is 42.7 Å². The molecule has 4 heterocycles. The predicted molar refractivity (Wildman–Crippen MR) is 214 cm³/mol. The molecule has 2 unspecified atom stereocenters. The zero-order valence-corrected chi connectivity index (χ0v) is 32.7. The van der Waals surface area contributed by atoms with Gasteiger partial charge in [-0.25, -0.2) is 0 Å². The molecule has 4 aliphatic heterocycles. The molecule has 0 aliphatic carbocycles. The number of hydrogen-bond acceptors (Lipinski definition) is 13. The van der Waals surface area contributed by atoms with Gasteiger partial charge in [0.2, 0.25) is 13.6 Å². The molecule has 0 saturated heterocycles. The van der Waals surface area contributed by atoms with E-state index in [4.69, 9.17) is 52.1 Å². The van der Waals surface area contributed by atoms with Crippen molar-refractivity contribution in [2.45, 2.75) is 12.5 Å². The summed E-state index contributed by atoms with van der Waals surface area (Å²) in [5, 5.41) is 3.78. The van der Waals surface area contributed by atoms with Crippen LogP contribution in [0.5, 0.6) is 57.5 Å². The number of anilines is 2. The van der Waals surface area contributed by atoms with Crippen LogP contribution in [0.3, 0.4) is 0 Å². The third kappa shape index (κ3) is 4.84. The third-order valence-electron chi connectivity index (χ3n) is 11.5. The fourth-order valence-electron chi connectivity index (χ4n) is 8.93. The van der Waals surface area contributed by atoms with Crippen molar-refractivity contribution in [3.63, 3.8) is 0 Å². The lowest BCUT2D eigenvalue weighted by molar-refractivity contribution is -0.0165. The van der Waals surface area contributed by atoms with Crippen LogP contribution in [0.25, 0.3) is 43.8 Å². The Morgan fingerprint density at radius 3 is 1.25 bits per heavy atom. The molecule has 0 radical (unpaired) electrons. The Hall–Kier alpha value is -6.60. The van der Waals surface area contributed by atoms with E-state index in [-0.39, 0.29) is 13.6 Å². The zero-order valence-electron chi connectivity index (χ0n) is 32.7. The maximum atomic E-state index is 7.63. The van der Waals surface area contributed by atoms with Crippen molar-refractivity contribution in [2.24, 2.45) is 0 Å². The van der Waals surface area contributed by atoms with E-state index in [1.807, 2.05) is 50.5 Å². The molecule has 4 aliphatic rings. The molecule has 0 amide bonds. The number of rotatable bonds is 8. The predicted octanol–water partition coefficient (Wildman–Crippen LogP) is 8.45. The van der Waals surface area contributed by atoms with Crippen LogP contribution in [-0.4, -0.2) is 70.3 Å². The van der Waals surface area contributed by atoms with Gasteiger partial charge < -0.3 is 61.9 Å². The lowest BCUT2D eigenvalue weighted by Crippen LogP contribution is -2.38. The number of methoxy groups -OCH3 is 6. The fourth-order valence-corrected chi connectivity index (χ4v) is 8.93. The lowest BCUT2D eigenvalue weighted by Gasteiger charge is -2.44. The monoisotopic (exact) mass is 772 g/mol. The number of fused-ring (bicyclic) bond motifs is 14. The van der Waals surface area contributed by atoms with Crippen LogP contribution in [0.2, 0.25) is 0 Å². The highest BCUT2D eigenvalue weighted by Gasteiger charge is 2.45. The molecule has 0 spiro atoms.